The molecular weight excluding hydrogens is 210 g/mol. The lowest BCUT2D eigenvalue weighted by Crippen LogP contribution is -2.06. The van der Waals surface area contributed by atoms with Gasteiger partial charge in [0.15, 0.2) is 0 Å². The normalized spacial score (nSPS) is 13.3. The van der Waals surface area contributed by atoms with E-state index in [1.165, 1.54) is 6.92 Å². The topological polar surface area (TPSA) is 4.36 Å². The molecule has 1 nitrogen and oxygen atoms in total. The van der Waals surface area contributed by atoms with Gasteiger partial charge in [-0.2, -0.15) is 13.2 Å². The molecule has 0 aliphatic rings. The first-order valence-corrected chi connectivity index (χ1v) is 4.09. The van der Waals surface area contributed by atoms with E-state index >= 15 is 0 Å². The molecule has 0 aromatic heterocycles. The maximum atomic E-state index is 13.2. The Morgan fingerprint density at radius 3 is 2.33 bits per heavy atom. The number of nitrogens with zero attached hydrogens (tertiary/aromatic N) is 1. The van der Waals surface area contributed by atoms with Crippen molar-refractivity contribution in [2.24, 2.45) is 0 Å². The van der Waals surface area contributed by atoms with E-state index in [9.17, 15) is 17.6 Å². The summed E-state index contributed by atoms with van der Waals surface area (Å²) >= 11 is 0. The molecule has 1 aromatic carbocycles. The number of halogens is 4. The van der Waals surface area contributed by atoms with Crippen LogP contribution in [-0.4, -0.2) is 0 Å². The van der Waals surface area contributed by atoms with Gasteiger partial charge in [0.1, 0.15) is 5.82 Å². The van der Waals surface area contributed by atoms with Gasteiger partial charge in [-0.05, 0) is 18.2 Å². The smallest absolute Gasteiger partial charge is 0.309 e. The first-order valence-electron chi connectivity index (χ1n) is 4.09. The maximum absolute atomic E-state index is 13.2. The van der Waals surface area contributed by atoms with Crippen molar-refractivity contribution in [2.45, 2.75) is 19.1 Å². The predicted molar refractivity (Wildman–Crippen MR) is 46.4 cm³/mol. The standard InChI is InChI=1S/C10H7F4N/c1-6(15-2)8-4-3-7(5-9(8)11)10(12,13)14/h3-6H,1H3. The Kier molecular flexibility index (Phi) is 2.98. The molecule has 0 heterocycles. The summed E-state index contributed by atoms with van der Waals surface area (Å²) in [6, 6.07) is 1.42. The second-order valence-electron chi connectivity index (χ2n) is 3.04. The molecule has 0 aliphatic carbocycles. The van der Waals surface area contributed by atoms with Crippen molar-refractivity contribution in [3.63, 3.8) is 0 Å². The molecule has 0 radical (unpaired) electrons. The summed E-state index contributed by atoms with van der Waals surface area (Å²) in [5.74, 6) is -0.992. The zero-order valence-electron chi connectivity index (χ0n) is 7.77. The van der Waals surface area contributed by atoms with Crippen LogP contribution in [-0.2, 0) is 6.18 Å². The fraction of sp³-hybridized carbons (Fsp3) is 0.300. The third-order valence-electron chi connectivity index (χ3n) is 1.97. The molecule has 0 spiro atoms. The van der Waals surface area contributed by atoms with Crippen molar-refractivity contribution in [3.8, 4) is 0 Å². The minimum atomic E-state index is -4.55. The molecule has 0 amide bonds. The van der Waals surface area contributed by atoms with Gasteiger partial charge in [0.2, 0.25) is 6.04 Å². The Morgan fingerprint density at radius 2 is 1.93 bits per heavy atom. The van der Waals surface area contributed by atoms with Crippen LogP contribution in [0.4, 0.5) is 17.6 Å². The molecule has 5 heteroatoms. The fourth-order valence-electron chi connectivity index (χ4n) is 1.11. The average Bonchev–Trinajstić information content (AvgIpc) is 2.15. The third kappa shape index (κ3) is 2.46. The number of hydrogen-bond donors (Lipinski definition) is 0. The first-order chi connectivity index (χ1) is 6.86. The van der Waals surface area contributed by atoms with E-state index < -0.39 is 23.6 Å². The summed E-state index contributed by atoms with van der Waals surface area (Å²) in [4.78, 5) is 3.04. The van der Waals surface area contributed by atoms with Crippen LogP contribution in [0.5, 0.6) is 0 Å². The number of benzene rings is 1. The van der Waals surface area contributed by atoms with Gasteiger partial charge < -0.3 is 4.85 Å². The predicted octanol–water partition coefficient (Wildman–Crippen LogP) is 3.82. The number of rotatable bonds is 1. The molecular formula is C10H7F4N. The van der Waals surface area contributed by atoms with Crippen LogP contribution in [0.3, 0.4) is 0 Å². The molecule has 1 unspecified atom stereocenters. The summed E-state index contributed by atoms with van der Waals surface area (Å²) in [6.45, 7) is 8.08. The van der Waals surface area contributed by atoms with Crippen molar-refractivity contribution in [2.75, 3.05) is 0 Å². The Morgan fingerprint density at radius 1 is 1.33 bits per heavy atom. The Bertz CT molecular complexity index is 403. The highest BCUT2D eigenvalue weighted by Gasteiger charge is 2.31. The van der Waals surface area contributed by atoms with Gasteiger partial charge in [-0.15, -0.1) is 0 Å². The van der Waals surface area contributed by atoms with Crippen LogP contribution in [0.15, 0.2) is 18.2 Å². The third-order valence-corrected chi connectivity index (χ3v) is 1.97. The van der Waals surface area contributed by atoms with Gasteiger partial charge in [0.25, 0.3) is 0 Å². The zero-order valence-corrected chi connectivity index (χ0v) is 7.77. The van der Waals surface area contributed by atoms with Crippen molar-refractivity contribution in [1.82, 2.24) is 0 Å². The minimum Gasteiger partial charge on any atom is -0.309 e. The lowest BCUT2D eigenvalue weighted by Gasteiger charge is -2.08. The van der Waals surface area contributed by atoms with Gasteiger partial charge in [-0.3, -0.25) is 0 Å². The second kappa shape index (κ2) is 3.89. The number of alkyl halides is 3. The molecule has 80 valence electrons. The van der Waals surface area contributed by atoms with Gasteiger partial charge >= 0.3 is 6.18 Å². The number of hydrogen-bond acceptors (Lipinski definition) is 0. The van der Waals surface area contributed by atoms with E-state index in [1.54, 1.807) is 0 Å². The van der Waals surface area contributed by atoms with E-state index in [-0.39, 0.29) is 5.56 Å². The quantitative estimate of drug-likeness (QED) is 0.497. The average molecular weight is 217 g/mol. The largest absolute Gasteiger partial charge is 0.416 e. The van der Waals surface area contributed by atoms with Crippen molar-refractivity contribution < 1.29 is 17.6 Å². The molecule has 1 rings (SSSR count). The van der Waals surface area contributed by atoms with E-state index in [1.807, 2.05) is 0 Å². The molecule has 0 N–H and O–H groups in total. The summed E-state index contributed by atoms with van der Waals surface area (Å²) in [5.41, 5.74) is -1.06. The summed E-state index contributed by atoms with van der Waals surface area (Å²) in [5, 5.41) is 0. The van der Waals surface area contributed by atoms with Gasteiger partial charge in [0, 0.05) is 6.92 Å². The van der Waals surface area contributed by atoms with E-state index in [0.717, 1.165) is 12.1 Å². The van der Waals surface area contributed by atoms with Gasteiger partial charge in [-0.25, -0.2) is 11.0 Å². The second-order valence-corrected chi connectivity index (χ2v) is 3.04. The highest BCUT2D eigenvalue weighted by molar-refractivity contribution is 5.29. The molecule has 0 aliphatic heterocycles. The molecule has 1 atom stereocenters. The van der Waals surface area contributed by atoms with E-state index in [0.29, 0.717) is 6.07 Å². The lowest BCUT2D eigenvalue weighted by molar-refractivity contribution is -0.137. The van der Waals surface area contributed by atoms with Crippen LogP contribution >= 0.6 is 0 Å². The zero-order chi connectivity index (χ0) is 11.6. The Labute approximate surface area is 84.2 Å². The van der Waals surface area contributed by atoms with Crippen LogP contribution in [0.2, 0.25) is 0 Å². The fourth-order valence-corrected chi connectivity index (χ4v) is 1.11. The first kappa shape index (κ1) is 11.5. The molecule has 0 bridgehead atoms. The van der Waals surface area contributed by atoms with Crippen LogP contribution < -0.4 is 0 Å². The molecule has 15 heavy (non-hydrogen) atoms. The Balaban J connectivity index is 3.16. The SMILES string of the molecule is [C-]#[N+]C(C)c1ccc(C(F)(F)F)cc1F. The molecule has 0 saturated carbocycles. The molecule has 0 fully saturated rings. The Hall–Kier alpha value is -1.57. The summed E-state index contributed by atoms with van der Waals surface area (Å²) in [6.07, 6.45) is -4.55. The minimum absolute atomic E-state index is 0.0157. The van der Waals surface area contributed by atoms with Crippen molar-refractivity contribution in [3.05, 3.63) is 46.6 Å². The summed E-state index contributed by atoms with van der Waals surface area (Å²) < 4.78 is 49.6. The molecule has 0 saturated heterocycles. The highest BCUT2D eigenvalue weighted by atomic mass is 19.4. The van der Waals surface area contributed by atoms with Crippen LogP contribution in [0.1, 0.15) is 24.1 Å². The highest BCUT2D eigenvalue weighted by Crippen LogP contribution is 2.31. The molecule has 1 aromatic rings. The van der Waals surface area contributed by atoms with Crippen molar-refractivity contribution >= 4 is 0 Å². The lowest BCUT2D eigenvalue weighted by atomic mass is 10.1. The van der Waals surface area contributed by atoms with Crippen molar-refractivity contribution in [1.29, 1.82) is 0 Å². The monoisotopic (exact) mass is 217 g/mol. The van der Waals surface area contributed by atoms with E-state index in [2.05, 4.69) is 4.85 Å². The van der Waals surface area contributed by atoms with Gasteiger partial charge in [-0.1, -0.05) is 0 Å². The van der Waals surface area contributed by atoms with E-state index in [4.69, 9.17) is 6.57 Å². The maximum Gasteiger partial charge on any atom is 0.416 e. The van der Waals surface area contributed by atoms with Crippen LogP contribution in [0, 0.1) is 12.4 Å². The summed E-state index contributed by atoms with van der Waals surface area (Å²) in [7, 11) is 0. The van der Waals surface area contributed by atoms with Crippen LogP contribution in [0.25, 0.3) is 4.85 Å². The van der Waals surface area contributed by atoms with Gasteiger partial charge in [0.05, 0.1) is 11.1 Å².